The summed E-state index contributed by atoms with van der Waals surface area (Å²) in [6.45, 7) is 9.81. The predicted molar refractivity (Wildman–Crippen MR) is 50.4 cm³/mol. The predicted octanol–water partition coefficient (Wildman–Crippen LogP) is 3.40. The van der Waals surface area contributed by atoms with E-state index in [-0.39, 0.29) is 0 Å². The first-order valence-electron chi connectivity index (χ1n) is 3.93. The Kier molecular flexibility index (Phi) is 2.48. The summed E-state index contributed by atoms with van der Waals surface area (Å²) in [5.41, 5.74) is 3.37. The van der Waals surface area contributed by atoms with Crippen LogP contribution in [-0.4, -0.2) is 0 Å². The van der Waals surface area contributed by atoms with Crippen LogP contribution in [0.5, 0.6) is 0 Å². The van der Waals surface area contributed by atoms with Gasteiger partial charge in [-0.1, -0.05) is 37.0 Å². The topological polar surface area (TPSA) is 0 Å². The molecule has 0 heterocycles. The summed E-state index contributed by atoms with van der Waals surface area (Å²) >= 11 is 0. The van der Waals surface area contributed by atoms with Crippen LogP contribution in [0.3, 0.4) is 0 Å². The first kappa shape index (κ1) is 8.06. The van der Waals surface area contributed by atoms with E-state index < -0.39 is 0 Å². The Labute approximate surface area is 68.6 Å². The first-order valence-corrected chi connectivity index (χ1v) is 3.93. The van der Waals surface area contributed by atoms with Crippen LogP contribution in [0.1, 0.15) is 19.8 Å². The molecule has 0 radical (unpaired) electrons. The van der Waals surface area contributed by atoms with Crippen molar-refractivity contribution < 1.29 is 0 Å². The molecule has 0 aromatic heterocycles. The van der Waals surface area contributed by atoms with Crippen molar-refractivity contribution in [3.05, 3.63) is 48.1 Å². The summed E-state index contributed by atoms with van der Waals surface area (Å²) in [6.07, 6.45) is 8.83. The SMILES string of the molecule is C=C(C)C(=C)C1=CCCC=C1. The number of rotatable bonds is 2. The fourth-order valence-corrected chi connectivity index (χ4v) is 1.08. The third-order valence-electron chi connectivity index (χ3n) is 1.86. The number of hydrogen-bond donors (Lipinski definition) is 0. The van der Waals surface area contributed by atoms with Gasteiger partial charge in [0.25, 0.3) is 0 Å². The summed E-state index contributed by atoms with van der Waals surface area (Å²) in [7, 11) is 0. The van der Waals surface area contributed by atoms with Crippen molar-refractivity contribution in [2.24, 2.45) is 0 Å². The molecule has 58 valence electrons. The summed E-state index contributed by atoms with van der Waals surface area (Å²) in [5, 5.41) is 0. The average Bonchev–Trinajstić information content (AvgIpc) is 2.05. The van der Waals surface area contributed by atoms with Gasteiger partial charge in [0.2, 0.25) is 0 Å². The molecule has 0 aromatic rings. The molecule has 1 rings (SSSR count). The van der Waals surface area contributed by atoms with Crippen molar-refractivity contribution in [2.45, 2.75) is 19.8 Å². The van der Waals surface area contributed by atoms with Gasteiger partial charge in [0.1, 0.15) is 0 Å². The summed E-state index contributed by atoms with van der Waals surface area (Å²) in [6, 6.07) is 0. The highest BCUT2D eigenvalue weighted by atomic mass is 14.1. The van der Waals surface area contributed by atoms with Gasteiger partial charge in [-0.15, -0.1) is 0 Å². The van der Waals surface area contributed by atoms with Crippen LogP contribution in [-0.2, 0) is 0 Å². The van der Waals surface area contributed by atoms with Gasteiger partial charge in [-0.2, -0.15) is 0 Å². The lowest BCUT2D eigenvalue weighted by atomic mass is 9.97. The Balaban J connectivity index is 2.75. The second-order valence-electron chi connectivity index (χ2n) is 2.90. The van der Waals surface area contributed by atoms with Crippen LogP contribution < -0.4 is 0 Å². The fraction of sp³-hybridized carbons (Fsp3) is 0.273. The Morgan fingerprint density at radius 2 is 2.09 bits per heavy atom. The quantitative estimate of drug-likeness (QED) is 0.524. The lowest BCUT2D eigenvalue weighted by molar-refractivity contribution is 1.02. The van der Waals surface area contributed by atoms with Crippen LogP contribution in [0.15, 0.2) is 48.1 Å². The maximum absolute atomic E-state index is 3.96. The van der Waals surface area contributed by atoms with E-state index in [0.29, 0.717) is 0 Å². The Hall–Kier alpha value is -1.04. The maximum Gasteiger partial charge on any atom is -0.0231 e. The monoisotopic (exact) mass is 146 g/mol. The molecular formula is C11H14. The molecule has 0 nitrogen and oxygen atoms in total. The molecule has 0 spiro atoms. The summed E-state index contributed by atoms with van der Waals surface area (Å²) < 4.78 is 0. The Bertz CT molecular complexity index is 239. The van der Waals surface area contributed by atoms with Gasteiger partial charge in [0, 0.05) is 0 Å². The molecule has 0 atom stereocenters. The van der Waals surface area contributed by atoms with Crippen molar-refractivity contribution in [1.29, 1.82) is 0 Å². The lowest BCUT2D eigenvalue weighted by Gasteiger charge is -2.09. The zero-order valence-electron chi connectivity index (χ0n) is 7.06. The molecule has 0 saturated carbocycles. The number of allylic oxidation sites excluding steroid dienone is 6. The van der Waals surface area contributed by atoms with Crippen molar-refractivity contribution in [2.75, 3.05) is 0 Å². The molecule has 0 fully saturated rings. The van der Waals surface area contributed by atoms with Crippen molar-refractivity contribution in [3.63, 3.8) is 0 Å². The highest BCUT2D eigenvalue weighted by molar-refractivity contribution is 5.49. The van der Waals surface area contributed by atoms with Crippen molar-refractivity contribution in [1.82, 2.24) is 0 Å². The van der Waals surface area contributed by atoms with Crippen LogP contribution in [0.25, 0.3) is 0 Å². The molecule has 1 aliphatic rings. The summed E-state index contributed by atoms with van der Waals surface area (Å²) in [5.74, 6) is 0. The zero-order chi connectivity index (χ0) is 8.27. The minimum absolute atomic E-state index is 1.06. The molecular weight excluding hydrogens is 132 g/mol. The van der Waals surface area contributed by atoms with E-state index in [1.165, 1.54) is 5.57 Å². The van der Waals surface area contributed by atoms with E-state index in [9.17, 15) is 0 Å². The standard InChI is InChI=1S/C11H14/c1-9(2)10(3)11-7-5-4-6-8-11/h5,7-8H,1,3-4,6H2,2H3. The summed E-state index contributed by atoms with van der Waals surface area (Å²) in [4.78, 5) is 0. The molecule has 0 heteroatoms. The molecule has 1 aliphatic carbocycles. The molecule has 11 heavy (non-hydrogen) atoms. The molecule has 0 N–H and O–H groups in total. The van der Waals surface area contributed by atoms with Gasteiger partial charge in [0.05, 0.1) is 0 Å². The number of hydrogen-bond acceptors (Lipinski definition) is 0. The largest absolute Gasteiger partial charge is 0.0955 e. The van der Waals surface area contributed by atoms with E-state index in [1.807, 2.05) is 6.92 Å². The van der Waals surface area contributed by atoms with Gasteiger partial charge in [0.15, 0.2) is 0 Å². The minimum Gasteiger partial charge on any atom is -0.0955 e. The first-order chi connectivity index (χ1) is 5.22. The van der Waals surface area contributed by atoms with Crippen LogP contribution in [0, 0.1) is 0 Å². The third kappa shape index (κ3) is 1.94. The van der Waals surface area contributed by atoms with Gasteiger partial charge in [-0.05, 0) is 30.9 Å². The fourth-order valence-electron chi connectivity index (χ4n) is 1.08. The van der Waals surface area contributed by atoms with Gasteiger partial charge in [-0.25, -0.2) is 0 Å². The van der Waals surface area contributed by atoms with Crippen LogP contribution in [0.4, 0.5) is 0 Å². The second-order valence-corrected chi connectivity index (χ2v) is 2.90. The van der Waals surface area contributed by atoms with E-state index in [0.717, 1.165) is 24.0 Å². The van der Waals surface area contributed by atoms with E-state index in [1.54, 1.807) is 0 Å². The van der Waals surface area contributed by atoms with Gasteiger partial charge >= 0.3 is 0 Å². The van der Waals surface area contributed by atoms with Gasteiger partial charge in [-0.3, -0.25) is 0 Å². The molecule has 0 amide bonds. The van der Waals surface area contributed by atoms with Crippen LogP contribution in [0.2, 0.25) is 0 Å². The van der Waals surface area contributed by atoms with Gasteiger partial charge < -0.3 is 0 Å². The van der Waals surface area contributed by atoms with E-state index in [2.05, 4.69) is 31.4 Å². The average molecular weight is 146 g/mol. The normalized spacial score (nSPS) is 15.9. The zero-order valence-corrected chi connectivity index (χ0v) is 7.06. The molecule has 0 unspecified atom stereocenters. The highest BCUT2D eigenvalue weighted by Crippen LogP contribution is 2.20. The van der Waals surface area contributed by atoms with Crippen molar-refractivity contribution >= 4 is 0 Å². The molecule has 0 aromatic carbocycles. The lowest BCUT2D eigenvalue weighted by Crippen LogP contribution is -1.89. The molecule has 0 saturated heterocycles. The molecule has 0 aliphatic heterocycles. The smallest absolute Gasteiger partial charge is 0.0231 e. The van der Waals surface area contributed by atoms with Crippen LogP contribution >= 0.6 is 0 Å². The molecule has 0 bridgehead atoms. The Morgan fingerprint density at radius 1 is 1.36 bits per heavy atom. The highest BCUT2D eigenvalue weighted by Gasteiger charge is 2.01. The van der Waals surface area contributed by atoms with Crippen molar-refractivity contribution in [3.8, 4) is 0 Å². The maximum atomic E-state index is 3.96. The Morgan fingerprint density at radius 3 is 2.55 bits per heavy atom. The van der Waals surface area contributed by atoms with E-state index in [4.69, 9.17) is 0 Å². The third-order valence-corrected chi connectivity index (χ3v) is 1.86. The van der Waals surface area contributed by atoms with E-state index >= 15 is 0 Å². The minimum atomic E-state index is 1.06. The second kappa shape index (κ2) is 3.38.